The Bertz CT molecular complexity index is 1250. The molecule has 1 fully saturated rings. The van der Waals surface area contributed by atoms with E-state index in [2.05, 4.69) is 15.2 Å². The monoisotopic (exact) mass is 518 g/mol. The second-order valence-electron chi connectivity index (χ2n) is 7.04. The van der Waals surface area contributed by atoms with Gasteiger partial charge in [-0.15, -0.1) is 0 Å². The number of hydrogen-bond acceptors (Lipinski definition) is 8. The molecule has 0 saturated carbocycles. The molecule has 3 rings (SSSR count). The molecule has 178 valence electrons. The highest BCUT2D eigenvalue weighted by atomic mass is 35.5. The number of amides is 1. The molecule has 2 heterocycles. The Balaban J connectivity index is 1.80. The van der Waals surface area contributed by atoms with Crippen LogP contribution in [-0.4, -0.2) is 67.3 Å². The van der Waals surface area contributed by atoms with Gasteiger partial charge in [0, 0.05) is 12.2 Å². The third-order valence-corrected chi connectivity index (χ3v) is 7.57. The molecule has 0 radical (unpaired) electrons. The molecule has 0 spiro atoms. The van der Waals surface area contributed by atoms with E-state index in [1.807, 2.05) is 0 Å². The number of rotatable bonds is 6. The molecule has 1 unspecified atom stereocenters. The summed E-state index contributed by atoms with van der Waals surface area (Å²) < 4.78 is 38.3. The predicted molar refractivity (Wildman–Crippen MR) is 119 cm³/mol. The summed E-state index contributed by atoms with van der Waals surface area (Å²) in [6.45, 7) is 1.03. The van der Waals surface area contributed by atoms with Crippen LogP contribution in [0.15, 0.2) is 34.1 Å². The maximum absolute atomic E-state index is 13.2. The highest BCUT2D eigenvalue weighted by Gasteiger charge is 2.35. The molecule has 33 heavy (non-hydrogen) atoms. The zero-order chi connectivity index (χ0) is 24.3. The largest absolute Gasteiger partial charge is 0.467 e. The van der Waals surface area contributed by atoms with E-state index >= 15 is 0 Å². The summed E-state index contributed by atoms with van der Waals surface area (Å²) in [5.74, 6) is -1.30. The number of benzene rings is 1. The number of hydrogen-bond donors (Lipinski definition) is 1. The number of halogens is 2. The van der Waals surface area contributed by atoms with E-state index in [1.165, 1.54) is 25.3 Å². The molecule has 1 atom stereocenters. The molecule has 1 N–H and O–H groups in total. The lowest BCUT2D eigenvalue weighted by atomic mass is 10.2. The molecule has 1 aliphatic heterocycles. The van der Waals surface area contributed by atoms with Crippen LogP contribution in [0.5, 0.6) is 0 Å². The molecular weight excluding hydrogens is 499 g/mol. The second-order valence-corrected chi connectivity index (χ2v) is 9.73. The third-order valence-electron chi connectivity index (χ3n) is 4.82. The lowest BCUT2D eigenvalue weighted by Crippen LogP contribution is -2.48. The first kappa shape index (κ1) is 25.1. The van der Waals surface area contributed by atoms with Gasteiger partial charge in [-0.1, -0.05) is 29.3 Å². The predicted octanol–water partition coefficient (Wildman–Crippen LogP) is 1.06. The number of nitrogens with zero attached hydrogens (tertiary/aromatic N) is 3. The van der Waals surface area contributed by atoms with Crippen LogP contribution >= 0.6 is 23.2 Å². The Morgan fingerprint density at radius 1 is 1.33 bits per heavy atom. The van der Waals surface area contributed by atoms with Crippen molar-refractivity contribution >= 4 is 50.8 Å². The normalized spacial score (nSPS) is 16.9. The molecule has 1 saturated heterocycles. The van der Waals surface area contributed by atoms with Crippen LogP contribution in [-0.2, 0) is 35.6 Å². The fourth-order valence-electron chi connectivity index (χ4n) is 3.11. The third kappa shape index (κ3) is 5.53. The van der Waals surface area contributed by atoms with Crippen LogP contribution in [0.4, 0.5) is 5.69 Å². The van der Waals surface area contributed by atoms with Crippen molar-refractivity contribution in [3.63, 3.8) is 0 Å². The van der Waals surface area contributed by atoms with Gasteiger partial charge < -0.3 is 14.8 Å². The molecule has 1 aliphatic rings. The van der Waals surface area contributed by atoms with Crippen LogP contribution in [0, 0.1) is 6.92 Å². The number of carbonyl (C=O) groups excluding carboxylic acids is 2. The van der Waals surface area contributed by atoms with Gasteiger partial charge in [0.25, 0.3) is 5.56 Å². The Labute approximate surface area is 199 Å². The maximum atomic E-state index is 13.2. The first-order valence-electron chi connectivity index (χ1n) is 9.55. The standard InChI is InChI=1S/C19H20Cl2N4O7S/c1-11-3-4-12(23-16(26)10-25-18(27)17(21)13(20)8-22-25)7-15(11)33(29,30)24-5-6-32-14(9-24)19(28)31-2/h3-4,7-8,14H,5-6,9-10H2,1-2H3,(H,23,26). The lowest BCUT2D eigenvalue weighted by Gasteiger charge is -2.31. The van der Waals surface area contributed by atoms with Crippen LogP contribution < -0.4 is 10.9 Å². The second kappa shape index (κ2) is 10.2. The number of morpholine rings is 1. The zero-order valence-electron chi connectivity index (χ0n) is 17.6. The van der Waals surface area contributed by atoms with Crippen LogP contribution in [0.25, 0.3) is 0 Å². The van der Waals surface area contributed by atoms with Crippen LogP contribution in [0.3, 0.4) is 0 Å². The number of methoxy groups -OCH3 is 1. The SMILES string of the molecule is COC(=O)C1CN(S(=O)(=O)c2cc(NC(=O)Cn3ncc(Cl)c(Cl)c3=O)ccc2C)CCO1. The van der Waals surface area contributed by atoms with Gasteiger partial charge in [-0.3, -0.25) is 9.59 Å². The number of sulfonamides is 1. The highest BCUT2D eigenvalue weighted by molar-refractivity contribution is 7.89. The minimum atomic E-state index is -4.01. The number of ether oxygens (including phenoxy) is 2. The van der Waals surface area contributed by atoms with Gasteiger partial charge in [-0.2, -0.15) is 9.40 Å². The van der Waals surface area contributed by atoms with Crippen molar-refractivity contribution in [3.8, 4) is 0 Å². The van der Waals surface area contributed by atoms with Crippen LogP contribution in [0.2, 0.25) is 10.0 Å². The van der Waals surface area contributed by atoms with E-state index in [1.54, 1.807) is 6.92 Å². The summed E-state index contributed by atoms with van der Waals surface area (Å²) in [6.07, 6.45) is 0.109. The summed E-state index contributed by atoms with van der Waals surface area (Å²) in [6, 6.07) is 4.36. The summed E-state index contributed by atoms with van der Waals surface area (Å²) in [5, 5.41) is 5.99. The number of aromatic nitrogens is 2. The van der Waals surface area contributed by atoms with Crippen molar-refractivity contribution < 1.29 is 27.5 Å². The van der Waals surface area contributed by atoms with Gasteiger partial charge in [0.05, 0.1) is 36.4 Å². The first-order chi connectivity index (χ1) is 15.5. The average molecular weight is 519 g/mol. The molecule has 14 heteroatoms. The van der Waals surface area contributed by atoms with Crippen molar-refractivity contribution in [2.24, 2.45) is 0 Å². The van der Waals surface area contributed by atoms with E-state index in [4.69, 9.17) is 27.9 Å². The lowest BCUT2D eigenvalue weighted by molar-refractivity contribution is -0.157. The van der Waals surface area contributed by atoms with Gasteiger partial charge >= 0.3 is 5.97 Å². The minimum Gasteiger partial charge on any atom is -0.467 e. The van der Waals surface area contributed by atoms with Gasteiger partial charge in [0.1, 0.15) is 11.6 Å². The molecule has 1 aromatic carbocycles. The fourth-order valence-corrected chi connectivity index (χ4v) is 5.05. The summed E-state index contributed by atoms with van der Waals surface area (Å²) in [7, 11) is -2.82. The summed E-state index contributed by atoms with van der Waals surface area (Å²) in [5.41, 5.74) is -0.106. The quantitative estimate of drug-likeness (QED) is 0.560. The number of carbonyl (C=O) groups is 2. The van der Waals surface area contributed by atoms with Crippen molar-refractivity contribution in [1.82, 2.24) is 14.1 Å². The van der Waals surface area contributed by atoms with Crippen molar-refractivity contribution in [2.75, 3.05) is 32.1 Å². The van der Waals surface area contributed by atoms with Crippen molar-refractivity contribution in [2.45, 2.75) is 24.5 Å². The molecule has 2 aromatic rings. The molecule has 0 aliphatic carbocycles. The van der Waals surface area contributed by atoms with E-state index < -0.39 is 40.1 Å². The van der Waals surface area contributed by atoms with Crippen LogP contribution in [0.1, 0.15) is 5.56 Å². The Kier molecular flexibility index (Phi) is 7.75. The smallest absolute Gasteiger partial charge is 0.336 e. The van der Waals surface area contributed by atoms with Gasteiger partial charge in [0.2, 0.25) is 15.9 Å². The highest BCUT2D eigenvalue weighted by Crippen LogP contribution is 2.25. The molecule has 0 bridgehead atoms. The topological polar surface area (TPSA) is 137 Å². The molecule has 11 nitrogen and oxygen atoms in total. The zero-order valence-corrected chi connectivity index (χ0v) is 19.9. The van der Waals surface area contributed by atoms with Crippen molar-refractivity contribution in [1.29, 1.82) is 0 Å². The molecular formula is C19H20Cl2N4O7S. The van der Waals surface area contributed by atoms with E-state index in [0.29, 0.717) is 5.56 Å². The van der Waals surface area contributed by atoms with Crippen molar-refractivity contribution in [3.05, 3.63) is 50.4 Å². The fraction of sp³-hybridized carbons (Fsp3) is 0.368. The average Bonchev–Trinajstić information content (AvgIpc) is 2.80. The number of anilines is 1. The van der Waals surface area contributed by atoms with E-state index in [9.17, 15) is 22.8 Å². The summed E-state index contributed by atoms with van der Waals surface area (Å²) in [4.78, 5) is 36.2. The van der Waals surface area contributed by atoms with Gasteiger partial charge in [-0.05, 0) is 24.6 Å². The Morgan fingerprint density at radius 3 is 2.76 bits per heavy atom. The molecule has 1 aromatic heterocycles. The number of esters is 1. The Hall–Kier alpha value is -2.51. The summed E-state index contributed by atoms with van der Waals surface area (Å²) >= 11 is 11.5. The van der Waals surface area contributed by atoms with E-state index in [0.717, 1.165) is 15.2 Å². The van der Waals surface area contributed by atoms with Gasteiger partial charge in [0.15, 0.2) is 6.10 Å². The molecule has 1 amide bonds. The Morgan fingerprint density at radius 2 is 2.06 bits per heavy atom. The van der Waals surface area contributed by atoms with E-state index in [-0.39, 0.29) is 40.3 Å². The van der Waals surface area contributed by atoms with Gasteiger partial charge in [-0.25, -0.2) is 17.9 Å². The number of nitrogens with one attached hydrogen (secondary N) is 1. The number of aryl methyl sites for hydroxylation is 1. The minimum absolute atomic E-state index is 0.0277. The first-order valence-corrected chi connectivity index (χ1v) is 11.8. The maximum Gasteiger partial charge on any atom is 0.336 e.